The lowest BCUT2D eigenvalue weighted by Crippen LogP contribution is -2.65. The highest BCUT2D eigenvalue weighted by Crippen LogP contribution is 2.41. The minimum Gasteiger partial charge on any atom is -0.497 e. The zero-order valence-electron chi connectivity index (χ0n) is 25.5. The third-order valence-corrected chi connectivity index (χ3v) is 9.82. The Morgan fingerprint density at radius 2 is 1.67 bits per heavy atom. The van der Waals surface area contributed by atoms with Crippen molar-refractivity contribution in [2.75, 3.05) is 50.2 Å². The van der Waals surface area contributed by atoms with Crippen LogP contribution in [0.2, 0.25) is 5.02 Å². The number of hydrogen-bond acceptors (Lipinski definition) is 14. The number of hydrogen-bond donors (Lipinski definition) is 6. The summed E-state index contributed by atoms with van der Waals surface area (Å²) in [5.74, 6) is -4.44. The molecule has 0 unspecified atom stereocenters. The number of halogens is 4. The second-order valence-electron chi connectivity index (χ2n) is 10.7. The van der Waals surface area contributed by atoms with Crippen LogP contribution in [0.4, 0.5) is 24.7 Å². The van der Waals surface area contributed by atoms with Gasteiger partial charge in [0.15, 0.2) is 10.7 Å². The number of ether oxygens (including phenoxy) is 3. The standard InChI is InChI=1S/C28H32ClF3N4O11S/c1-45-17-8-7-16(20(11-17)46-2)13-35(22-6-4-5-21(31)33-22)48(43,44)25-18(30)12-19(23(29)24(25)32)34-10-9-26(14-34,47-3)15-36(27(37,38)39)28(40,41)42/h4-8,11-12,37-42H,9-10,13-15H2,1-3H3/t26-/m0/s1. The van der Waals surface area contributed by atoms with Crippen molar-refractivity contribution in [3.8, 4) is 11.5 Å². The lowest BCUT2D eigenvalue weighted by atomic mass is 10.0. The summed E-state index contributed by atoms with van der Waals surface area (Å²) in [6.07, 6.45) is -8.04. The Balaban J connectivity index is 1.76. The van der Waals surface area contributed by atoms with E-state index in [9.17, 15) is 43.4 Å². The molecular formula is C28H32ClF3N4O11S. The second kappa shape index (κ2) is 13.8. The van der Waals surface area contributed by atoms with E-state index in [1.807, 2.05) is 0 Å². The Morgan fingerprint density at radius 1 is 1.00 bits per heavy atom. The first kappa shape index (κ1) is 37.3. The fourth-order valence-corrected chi connectivity index (χ4v) is 7.05. The average molecular weight is 725 g/mol. The Labute approximate surface area is 277 Å². The summed E-state index contributed by atoms with van der Waals surface area (Å²) in [6.45, 7) is -2.14. The van der Waals surface area contributed by atoms with E-state index in [4.69, 9.17) is 25.8 Å². The van der Waals surface area contributed by atoms with Gasteiger partial charge >= 0.3 is 12.2 Å². The number of nitrogens with zero attached hydrogens (tertiary/aromatic N) is 4. The molecule has 1 atom stereocenters. The molecule has 0 saturated carbocycles. The average Bonchev–Trinajstić information content (AvgIpc) is 3.43. The Hall–Kier alpha value is -3.50. The van der Waals surface area contributed by atoms with Crippen LogP contribution in [-0.2, 0) is 21.3 Å². The molecule has 20 heteroatoms. The molecule has 264 valence electrons. The van der Waals surface area contributed by atoms with Crippen LogP contribution >= 0.6 is 11.6 Å². The molecule has 0 spiro atoms. The molecule has 4 rings (SSSR count). The van der Waals surface area contributed by atoms with Crippen molar-refractivity contribution in [3.63, 3.8) is 0 Å². The van der Waals surface area contributed by atoms with Crippen molar-refractivity contribution in [2.24, 2.45) is 0 Å². The van der Waals surface area contributed by atoms with Crippen LogP contribution in [0.25, 0.3) is 0 Å². The van der Waals surface area contributed by atoms with Crippen molar-refractivity contribution in [1.29, 1.82) is 0 Å². The summed E-state index contributed by atoms with van der Waals surface area (Å²) in [7, 11) is -1.44. The number of rotatable bonds is 13. The van der Waals surface area contributed by atoms with Gasteiger partial charge in [0.25, 0.3) is 10.0 Å². The molecule has 0 bridgehead atoms. The number of sulfonamides is 1. The van der Waals surface area contributed by atoms with Crippen LogP contribution in [0.5, 0.6) is 11.5 Å². The van der Waals surface area contributed by atoms with Crippen molar-refractivity contribution >= 4 is 33.1 Å². The summed E-state index contributed by atoms with van der Waals surface area (Å²) in [4.78, 5) is 2.97. The van der Waals surface area contributed by atoms with Gasteiger partial charge in [-0.25, -0.2) is 26.5 Å². The van der Waals surface area contributed by atoms with Crippen LogP contribution in [-0.4, -0.2) is 108 Å². The Morgan fingerprint density at radius 3 is 2.23 bits per heavy atom. The first-order valence-corrected chi connectivity index (χ1v) is 15.6. The Bertz CT molecular complexity index is 1750. The van der Waals surface area contributed by atoms with Gasteiger partial charge in [0, 0.05) is 44.4 Å². The van der Waals surface area contributed by atoms with Crippen molar-refractivity contribution < 1.29 is 66.4 Å². The number of methoxy groups -OCH3 is 3. The number of aromatic nitrogens is 1. The molecule has 1 aromatic heterocycles. The normalized spacial score (nSPS) is 17.2. The maximum absolute atomic E-state index is 16.0. The predicted molar refractivity (Wildman–Crippen MR) is 161 cm³/mol. The largest absolute Gasteiger partial charge is 0.497 e. The highest BCUT2D eigenvalue weighted by atomic mass is 35.5. The third kappa shape index (κ3) is 7.54. The highest BCUT2D eigenvalue weighted by molar-refractivity contribution is 7.92. The fraction of sp³-hybridized carbons (Fsp3) is 0.393. The van der Waals surface area contributed by atoms with E-state index in [-0.39, 0.29) is 34.9 Å². The SMILES string of the molecule is COc1ccc(CN(c2cccc(F)n2)S(=O)(=O)c2c(F)cc(N3CC[C@](CN(C(O)(O)O)C(O)(O)O)(OC)C3)c(Cl)c2F)c(OC)c1. The lowest BCUT2D eigenvalue weighted by molar-refractivity contribution is -0.513. The number of benzene rings is 2. The zero-order valence-corrected chi connectivity index (χ0v) is 27.1. The molecule has 6 N–H and O–H groups in total. The van der Waals surface area contributed by atoms with Crippen LogP contribution in [0.15, 0.2) is 47.4 Å². The predicted octanol–water partition coefficient (Wildman–Crippen LogP) is 0.639. The van der Waals surface area contributed by atoms with Gasteiger partial charge in [-0.15, -0.1) is 4.90 Å². The molecule has 1 aliphatic rings. The molecule has 2 aromatic carbocycles. The topological polar surface area (TPSA) is 206 Å². The molecule has 0 amide bonds. The van der Waals surface area contributed by atoms with Crippen LogP contribution in [0.3, 0.4) is 0 Å². The number of aliphatic hydroxyl groups is 6. The van der Waals surface area contributed by atoms with Gasteiger partial charge in [-0.3, -0.25) is 0 Å². The van der Waals surface area contributed by atoms with Crippen LogP contribution < -0.4 is 18.7 Å². The molecule has 0 aliphatic carbocycles. The van der Waals surface area contributed by atoms with Crippen molar-refractivity contribution in [3.05, 3.63) is 70.6 Å². The number of pyridine rings is 1. The molecule has 1 fully saturated rings. The van der Waals surface area contributed by atoms with Gasteiger partial charge in [-0.05, 0) is 30.7 Å². The Kier molecular flexibility index (Phi) is 10.7. The van der Waals surface area contributed by atoms with Gasteiger partial charge in [0.2, 0.25) is 5.95 Å². The van der Waals surface area contributed by atoms with Gasteiger partial charge < -0.3 is 49.7 Å². The summed E-state index contributed by atoms with van der Waals surface area (Å²) >= 11 is 6.29. The van der Waals surface area contributed by atoms with Crippen molar-refractivity contribution in [1.82, 2.24) is 9.88 Å². The third-order valence-electron chi connectivity index (χ3n) is 7.67. The van der Waals surface area contributed by atoms with Crippen molar-refractivity contribution in [2.45, 2.75) is 35.7 Å². The van der Waals surface area contributed by atoms with Crippen LogP contribution in [0.1, 0.15) is 12.0 Å². The highest BCUT2D eigenvalue weighted by Gasteiger charge is 2.51. The molecule has 48 heavy (non-hydrogen) atoms. The van der Waals surface area contributed by atoms with E-state index in [2.05, 4.69) is 4.98 Å². The molecule has 1 saturated heterocycles. The number of anilines is 2. The summed E-state index contributed by atoms with van der Waals surface area (Å²) < 4.78 is 90.5. The van der Waals surface area contributed by atoms with E-state index in [1.165, 1.54) is 37.3 Å². The van der Waals surface area contributed by atoms with E-state index in [0.29, 0.717) is 16.1 Å². The fourth-order valence-electron chi connectivity index (χ4n) is 5.22. The second-order valence-corrected chi connectivity index (χ2v) is 12.9. The maximum atomic E-state index is 16.0. The minimum absolute atomic E-state index is 0.130. The van der Waals surface area contributed by atoms with E-state index in [0.717, 1.165) is 25.3 Å². The first-order chi connectivity index (χ1) is 22.3. The van der Waals surface area contributed by atoms with Gasteiger partial charge in [0.05, 0.1) is 26.5 Å². The molecule has 1 aliphatic heterocycles. The molecule has 15 nitrogen and oxygen atoms in total. The smallest absolute Gasteiger partial charge is 0.352 e. The van der Waals surface area contributed by atoms with E-state index in [1.54, 1.807) is 0 Å². The molecule has 3 aromatic rings. The maximum Gasteiger partial charge on any atom is 0.352 e. The zero-order chi connectivity index (χ0) is 35.8. The summed E-state index contributed by atoms with van der Waals surface area (Å²) in [5, 5.41) is 56.4. The van der Waals surface area contributed by atoms with Gasteiger partial charge in [-0.1, -0.05) is 17.7 Å². The molecule has 2 heterocycles. The van der Waals surface area contributed by atoms with Gasteiger partial charge in [-0.2, -0.15) is 4.39 Å². The molecule has 0 radical (unpaired) electrons. The van der Waals surface area contributed by atoms with Crippen LogP contribution in [0, 0.1) is 17.6 Å². The monoisotopic (exact) mass is 724 g/mol. The first-order valence-electron chi connectivity index (χ1n) is 13.7. The minimum atomic E-state index is -5.24. The molecular weight excluding hydrogens is 693 g/mol. The van der Waals surface area contributed by atoms with E-state index < -0.39 is 80.8 Å². The van der Waals surface area contributed by atoms with Gasteiger partial charge in [0.1, 0.15) is 33.8 Å². The summed E-state index contributed by atoms with van der Waals surface area (Å²) in [5.41, 5.74) is -1.85. The lowest BCUT2D eigenvalue weighted by Gasteiger charge is -2.41. The summed E-state index contributed by atoms with van der Waals surface area (Å²) in [6, 6.07) is 8.16. The quantitative estimate of drug-likeness (QED) is 0.0814. The van der Waals surface area contributed by atoms with E-state index >= 15 is 8.78 Å².